The van der Waals surface area contributed by atoms with Gasteiger partial charge >= 0.3 is 41.5 Å². The Morgan fingerprint density at radius 2 is 1.14 bits per heavy atom. The van der Waals surface area contributed by atoms with Gasteiger partial charge in [-0.25, -0.2) is 0 Å². The molecule has 0 aromatic heterocycles. The fraction of sp³-hybridized carbons (Fsp3) is 0.778. The van der Waals surface area contributed by atoms with Crippen LogP contribution in [-0.2, 0) is 9.59 Å². The average molecular weight is 212 g/mol. The normalized spacial score (nSPS) is 11.3. The van der Waals surface area contributed by atoms with E-state index < -0.39 is 29.2 Å². The summed E-state index contributed by atoms with van der Waals surface area (Å²) in [6.07, 6.45) is 0. The molecule has 0 saturated heterocycles. The van der Waals surface area contributed by atoms with Gasteiger partial charge < -0.3 is 10.2 Å². The second-order valence-electron chi connectivity index (χ2n) is 3.79. The number of hydrogen-bond acceptors (Lipinski definition) is 2. The molecule has 0 fully saturated rings. The molecular formula is C9H17NaO4. The summed E-state index contributed by atoms with van der Waals surface area (Å²) in [6, 6.07) is 0. The van der Waals surface area contributed by atoms with E-state index in [1.165, 1.54) is 0 Å². The SMILES string of the molecule is CC(C)C(C(=O)O)(C(=O)O)C(C)C.[NaH]. The van der Waals surface area contributed by atoms with Crippen molar-refractivity contribution in [2.24, 2.45) is 17.3 Å². The molecule has 0 bridgehead atoms. The van der Waals surface area contributed by atoms with Crippen molar-refractivity contribution >= 4 is 41.5 Å². The van der Waals surface area contributed by atoms with E-state index in [9.17, 15) is 9.59 Å². The minimum absolute atomic E-state index is 0. The molecule has 0 radical (unpaired) electrons. The number of aliphatic carboxylic acids is 2. The first-order valence-corrected chi connectivity index (χ1v) is 4.24. The fourth-order valence-corrected chi connectivity index (χ4v) is 1.75. The van der Waals surface area contributed by atoms with Crippen LogP contribution < -0.4 is 0 Å². The van der Waals surface area contributed by atoms with Gasteiger partial charge in [0.2, 0.25) is 0 Å². The average Bonchev–Trinajstić information content (AvgIpc) is 1.82. The molecule has 0 atom stereocenters. The van der Waals surface area contributed by atoms with Crippen molar-refractivity contribution in [1.82, 2.24) is 0 Å². The molecule has 14 heavy (non-hydrogen) atoms. The molecule has 5 heteroatoms. The van der Waals surface area contributed by atoms with Crippen LogP contribution in [0.15, 0.2) is 0 Å². The zero-order chi connectivity index (χ0) is 10.8. The van der Waals surface area contributed by atoms with Crippen molar-refractivity contribution in [1.29, 1.82) is 0 Å². The zero-order valence-corrected chi connectivity index (χ0v) is 8.37. The monoisotopic (exact) mass is 212 g/mol. The number of carboxylic acid groups (broad SMARTS) is 2. The molecule has 78 valence electrons. The van der Waals surface area contributed by atoms with Crippen LogP contribution in [0.1, 0.15) is 27.7 Å². The van der Waals surface area contributed by atoms with Gasteiger partial charge in [-0.3, -0.25) is 9.59 Å². The first-order valence-electron chi connectivity index (χ1n) is 4.24. The molecule has 0 unspecified atom stereocenters. The van der Waals surface area contributed by atoms with Gasteiger partial charge in [-0.15, -0.1) is 0 Å². The van der Waals surface area contributed by atoms with Crippen LogP contribution in [-0.4, -0.2) is 51.7 Å². The van der Waals surface area contributed by atoms with Crippen molar-refractivity contribution in [3.63, 3.8) is 0 Å². The Labute approximate surface area is 106 Å². The Bertz CT molecular complexity index is 199. The van der Waals surface area contributed by atoms with E-state index in [0.717, 1.165) is 0 Å². The first kappa shape index (κ1) is 16.4. The van der Waals surface area contributed by atoms with Gasteiger partial charge in [-0.1, -0.05) is 27.7 Å². The third kappa shape index (κ3) is 2.49. The molecule has 4 nitrogen and oxygen atoms in total. The van der Waals surface area contributed by atoms with Crippen molar-refractivity contribution < 1.29 is 19.8 Å². The molecule has 0 aliphatic rings. The third-order valence-electron chi connectivity index (χ3n) is 2.53. The van der Waals surface area contributed by atoms with Crippen LogP contribution in [0.5, 0.6) is 0 Å². The predicted molar refractivity (Wildman–Crippen MR) is 54.5 cm³/mol. The molecule has 0 rings (SSSR count). The Balaban J connectivity index is 0. The van der Waals surface area contributed by atoms with Crippen LogP contribution in [0.25, 0.3) is 0 Å². The molecule has 0 aliphatic carbocycles. The van der Waals surface area contributed by atoms with Gasteiger partial charge in [0.25, 0.3) is 0 Å². The zero-order valence-electron chi connectivity index (χ0n) is 8.37. The van der Waals surface area contributed by atoms with Crippen LogP contribution in [0.3, 0.4) is 0 Å². The summed E-state index contributed by atoms with van der Waals surface area (Å²) < 4.78 is 0. The molecular weight excluding hydrogens is 195 g/mol. The van der Waals surface area contributed by atoms with E-state index in [1.54, 1.807) is 27.7 Å². The van der Waals surface area contributed by atoms with Crippen molar-refractivity contribution in [3.05, 3.63) is 0 Å². The number of hydrogen-bond donors (Lipinski definition) is 2. The summed E-state index contributed by atoms with van der Waals surface area (Å²) in [7, 11) is 0. The van der Waals surface area contributed by atoms with Crippen molar-refractivity contribution in [2.45, 2.75) is 27.7 Å². The van der Waals surface area contributed by atoms with Gasteiger partial charge in [-0.05, 0) is 11.8 Å². The molecule has 0 spiro atoms. The Morgan fingerprint density at radius 3 is 1.14 bits per heavy atom. The molecule has 0 aliphatic heterocycles. The summed E-state index contributed by atoms with van der Waals surface area (Å²) in [6.45, 7) is 6.45. The molecule has 0 saturated carbocycles. The van der Waals surface area contributed by atoms with E-state index in [1.807, 2.05) is 0 Å². The maximum atomic E-state index is 11.0. The van der Waals surface area contributed by atoms with Crippen molar-refractivity contribution in [3.8, 4) is 0 Å². The summed E-state index contributed by atoms with van der Waals surface area (Å²) in [5.41, 5.74) is -1.67. The summed E-state index contributed by atoms with van der Waals surface area (Å²) in [4.78, 5) is 21.9. The van der Waals surface area contributed by atoms with Gasteiger partial charge in [-0.2, -0.15) is 0 Å². The maximum absolute atomic E-state index is 11.0. The van der Waals surface area contributed by atoms with E-state index in [0.29, 0.717) is 0 Å². The fourth-order valence-electron chi connectivity index (χ4n) is 1.75. The second kappa shape index (κ2) is 5.73. The Morgan fingerprint density at radius 1 is 0.929 bits per heavy atom. The molecule has 0 aromatic rings. The standard InChI is InChI=1S/C9H16O4.Na.H/c1-5(2)9(6(3)4,7(10)11)8(12)13;;/h5-6H,1-4H3,(H,10,11)(H,12,13);;. The quantitative estimate of drug-likeness (QED) is 0.534. The van der Waals surface area contributed by atoms with Crippen molar-refractivity contribution in [2.75, 3.05) is 0 Å². The van der Waals surface area contributed by atoms with Gasteiger partial charge in [0.1, 0.15) is 0 Å². The molecule has 2 N–H and O–H groups in total. The second-order valence-corrected chi connectivity index (χ2v) is 3.79. The Hall–Kier alpha value is -0.0600. The number of carbonyl (C=O) groups is 2. The van der Waals surface area contributed by atoms with Crippen LogP contribution >= 0.6 is 0 Å². The molecule has 0 aromatic carbocycles. The minimum atomic E-state index is -1.67. The topological polar surface area (TPSA) is 74.6 Å². The van der Waals surface area contributed by atoms with E-state index in [2.05, 4.69) is 0 Å². The number of carboxylic acids is 2. The van der Waals surface area contributed by atoms with Crippen LogP contribution in [0, 0.1) is 17.3 Å². The van der Waals surface area contributed by atoms with Crippen LogP contribution in [0.4, 0.5) is 0 Å². The molecule has 0 amide bonds. The van der Waals surface area contributed by atoms with Gasteiger partial charge in [0.15, 0.2) is 5.41 Å². The molecule has 0 heterocycles. The van der Waals surface area contributed by atoms with E-state index in [4.69, 9.17) is 10.2 Å². The third-order valence-corrected chi connectivity index (χ3v) is 2.53. The summed E-state index contributed by atoms with van der Waals surface area (Å²) in [5, 5.41) is 17.9. The van der Waals surface area contributed by atoms with E-state index >= 15 is 0 Å². The van der Waals surface area contributed by atoms with Gasteiger partial charge in [0.05, 0.1) is 0 Å². The summed E-state index contributed by atoms with van der Waals surface area (Å²) >= 11 is 0. The van der Waals surface area contributed by atoms with E-state index in [-0.39, 0.29) is 29.6 Å². The van der Waals surface area contributed by atoms with Gasteiger partial charge in [0, 0.05) is 0 Å². The Kier molecular flexibility index (Phi) is 6.70. The summed E-state index contributed by atoms with van der Waals surface area (Å²) in [5.74, 6) is -3.38. The number of rotatable bonds is 4. The van der Waals surface area contributed by atoms with Crippen LogP contribution in [0.2, 0.25) is 0 Å². The first-order chi connectivity index (χ1) is 5.77. The predicted octanol–water partition coefficient (Wildman–Crippen LogP) is 0.805.